The Bertz CT molecular complexity index is 483. The van der Waals surface area contributed by atoms with E-state index >= 15 is 0 Å². The third-order valence-corrected chi connectivity index (χ3v) is 3.32. The monoisotopic (exact) mass is 263 g/mol. The van der Waals surface area contributed by atoms with E-state index in [0.29, 0.717) is 11.6 Å². The van der Waals surface area contributed by atoms with Crippen LogP contribution in [0, 0.1) is 11.3 Å². The minimum Gasteiger partial charge on any atom is -0.357 e. The van der Waals surface area contributed by atoms with Crippen molar-refractivity contribution in [2.45, 2.75) is 18.9 Å². The Kier molecular flexibility index (Phi) is 4.06. The molecule has 1 aromatic rings. The zero-order valence-corrected chi connectivity index (χ0v) is 10.7. The fourth-order valence-corrected chi connectivity index (χ4v) is 2.38. The first-order valence-electron chi connectivity index (χ1n) is 5.90. The van der Waals surface area contributed by atoms with Gasteiger partial charge in [-0.1, -0.05) is 23.7 Å². The summed E-state index contributed by atoms with van der Waals surface area (Å²) in [5.74, 6) is -0.103. The fourth-order valence-electron chi connectivity index (χ4n) is 2.14. The van der Waals surface area contributed by atoms with E-state index in [1.807, 2.05) is 23.1 Å². The molecule has 5 heteroatoms. The van der Waals surface area contributed by atoms with Crippen LogP contribution in [0.15, 0.2) is 24.3 Å². The molecule has 1 atom stereocenters. The van der Waals surface area contributed by atoms with Crippen LogP contribution >= 0.6 is 11.6 Å². The molecular formula is C13H14ClN3O. The molecule has 18 heavy (non-hydrogen) atoms. The standard InChI is InChI=1S/C13H14ClN3O/c14-10-4-1-2-5-11(10)17-9-3-8-16-13(18)12(17)6-7-15/h1-2,4-5,12H,3,6,8-9H2,(H,16,18). The van der Waals surface area contributed by atoms with Crippen LogP contribution in [0.4, 0.5) is 5.69 Å². The molecule has 1 unspecified atom stereocenters. The highest BCUT2D eigenvalue weighted by Crippen LogP contribution is 2.28. The summed E-state index contributed by atoms with van der Waals surface area (Å²) >= 11 is 6.17. The summed E-state index contributed by atoms with van der Waals surface area (Å²) in [6.07, 6.45) is 1.01. The number of nitrogens with zero attached hydrogens (tertiary/aromatic N) is 2. The quantitative estimate of drug-likeness (QED) is 0.887. The van der Waals surface area contributed by atoms with Crippen LogP contribution in [0.25, 0.3) is 0 Å². The van der Waals surface area contributed by atoms with Gasteiger partial charge in [-0.05, 0) is 18.6 Å². The van der Waals surface area contributed by atoms with Crippen LogP contribution in [-0.2, 0) is 4.79 Å². The molecule has 1 heterocycles. The summed E-state index contributed by atoms with van der Waals surface area (Å²) in [6.45, 7) is 1.36. The van der Waals surface area contributed by atoms with Crippen molar-refractivity contribution in [2.24, 2.45) is 0 Å². The van der Waals surface area contributed by atoms with E-state index in [1.54, 1.807) is 6.07 Å². The number of hydrogen-bond donors (Lipinski definition) is 1. The van der Waals surface area contributed by atoms with Crippen molar-refractivity contribution >= 4 is 23.2 Å². The normalized spacial score (nSPS) is 19.9. The predicted octanol–water partition coefficient (Wildman–Crippen LogP) is 1.95. The van der Waals surface area contributed by atoms with Crippen molar-refractivity contribution in [3.63, 3.8) is 0 Å². The number of carbonyl (C=O) groups is 1. The number of rotatable bonds is 2. The number of benzene rings is 1. The van der Waals surface area contributed by atoms with Crippen LogP contribution in [-0.4, -0.2) is 25.0 Å². The van der Waals surface area contributed by atoms with Crippen LogP contribution in [0.5, 0.6) is 0 Å². The maximum Gasteiger partial charge on any atom is 0.243 e. The van der Waals surface area contributed by atoms with Crippen molar-refractivity contribution < 1.29 is 4.79 Å². The molecular weight excluding hydrogens is 250 g/mol. The van der Waals surface area contributed by atoms with Gasteiger partial charge in [0, 0.05) is 13.1 Å². The van der Waals surface area contributed by atoms with Gasteiger partial charge in [-0.15, -0.1) is 0 Å². The fraction of sp³-hybridized carbons (Fsp3) is 0.385. The molecule has 1 aromatic carbocycles. The molecule has 1 fully saturated rings. The topological polar surface area (TPSA) is 56.1 Å². The highest BCUT2D eigenvalue weighted by atomic mass is 35.5. The largest absolute Gasteiger partial charge is 0.357 e. The van der Waals surface area contributed by atoms with Gasteiger partial charge >= 0.3 is 0 Å². The number of nitriles is 1. The summed E-state index contributed by atoms with van der Waals surface area (Å²) in [4.78, 5) is 13.9. The van der Waals surface area contributed by atoms with Crippen LogP contribution in [0.2, 0.25) is 5.02 Å². The van der Waals surface area contributed by atoms with Crippen molar-refractivity contribution in [1.82, 2.24) is 5.32 Å². The Morgan fingerprint density at radius 1 is 1.50 bits per heavy atom. The number of nitrogens with one attached hydrogen (secondary N) is 1. The maximum atomic E-state index is 12.0. The second-order valence-electron chi connectivity index (χ2n) is 4.17. The lowest BCUT2D eigenvalue weighted by molar-refractivity contribution is -0.121. The molecule has 1 aliphatic heterocycles. The molecule has 0 radical (unpaired) electrons. The average Bonchev–Trinajstić information content (AvgIpc) is 2.54. The molecule has 1 aliphatic rings. The first kappa shape index (κ1) is 12.7. The number of amides is 1. The lowest BCUT2D eigenvalue weighted by Gasteiger charge is -2.29. The first-order valence-corrected chi connectivity index (χ1v) is 6.27. The Balaban J connectivity index is 2.35. The van der Waals surface area contributed by atoms with Crippen LogP contribution in [0.1, 0.15) is 12.8 Å². The van der Waals surface area contributed by atoms with Gasteiger partial charge in [0.25, 0.3) is 0 Å². The summed E-state index contributed by atoms with van der Waals surface area (Å²) in [7, 11) is 0. The molecule has 0 bridgehead atoms. The Morgan fingerprint density at radius 3 is 3.00 bits per heavy atom. The van der Waals surface area contributed by atoms with Gasteiger partial charge in [-0.2, -0.15) is 5.26 Å². The molecule has 94 valence electrons. The molecule has 0 aromatic heterocycles. The van der Waals surface area contributed by atoms with E-state index < -0.39 is 6.04 Å². The van der Waals surface area contributed by atoms with E-state index in [9.17, 15) is 4.79 Å². The molecule has 1 amide bonds. The molecule has 1 N–H and O–H groups in total. The van der Waals surface area contributed by atoms with Gasteiger partial charge in [-0.25, -0.2) is 0 Å². The number of carbonyl (C=O) groups excluding carboxylic acids is 1. The number of halogens is 1. The summed E-state index contributed by atoms with van der Waals surface area (Å²) < 4.78 is 0. The predicted molar refractivity (Wildman–Crippen MR) is 70.4 cm³/mol. The molecule has 1 saturated heterocycles. The van der Waals surface area contributed by atoms with Crippen LogP contribution in [0.3, 0.4) is 0 Å². The highest BCUT2D eigenvalue weighted by molar-refractivity contribution is 6.33. The van der Waals surface area contributed by atoms with Gasteiger partial charge in [0.2, 0.25) is 5.91 Å². The number of para-hydroxylation sites is 1. The lowest BCUT2D eigenvalue weighted by atomic mass is 10.1. The first-order chi connectivity index (χ1) is 8.74. The minimum atomic E-state index is -0.461. The Hall–Kier alpha value is -1.73. The second-order valence-corrected chi connectivity index (χ2v) is 4.57. The van der Waals surface area contributed by atoms with E-state index in [2.05, 4.69) is 11.4 Å². The highest BCUT2D eigenvalue weighted by Gasteiger charge is 2.28. The zero-order valence-electron chi connectivity index (χ0n) is 9.90. The third-order valence-electron chi connectivity index (χ3n) is 3.00. The van der Waals surface area contributed by atoms with Crippen molar-refractivity contribution in [1.29, 1.82) is 5.26 Å². The van der Waals surface area contributed by atoms with E-state index in [0.717, 1.165) is 18.7 Å². The van der Waals surface area contributed by atoms with Crippen molar-refractivity contribution in [3.05, 3.63) is 29.3 Å². The van der Waals surface area contributed by atoms with Gasteiger partial charge < -0.3 is 10.2 Å². The van der Waals surface area contributed by atoms with E-state index in [4.69, 9.17) is 16.9 Å². The molecule has 2 rings (SSSR count). The van der Waals surface area contributed by atoms with E-state index in [1.165, 1.54) is 0 Å². The van der Waals surface area contributed by atoms with Gasteiger partial charge in [0.1, 0.15) is 6.04 Å². The smallest absolute Gasteiger partial charge is 0.243 e. The third kappa shape index (κ3) is 2.57. The van der Waals surface area contributed by atoms with Gasteiger partial charge in [-0.3, -0.25) is 4.79 Å². The Morgan fingerprint density at radius 2 is 2.28 bits per heavy atom. The minimum absolute atomic E-state index is 0.103. The molecule has 0 saturated carbocycles. The summed E-state index contributed by atoms with van der Waals surface area (Å²) in [5, 5.41) is 12.3. The van der Waals surface area contributed by atoms with Gasteiger partial charge in [0.15, 0.2) is 0 Å². The lowest BCUT2D eigenvalue weighted by Crippen LogP contribution is -2.44. The molecule has 4 nitrogen and oxygen atoms in total. The second kappa shape index (κ2) is 5.74. The Labute approximate surface area is 111 Å². The molecule has 0 spiro atoms. The van der Waals surface area contributed by atoms with Crippen molar-refractivity contribution in [2.75, 3.05) is 18.0 Å². The molecule has 0 aliphatic carbocycles. The summed E-state index contributed by atoms with van der Waals surface area (Å²) in [6, 6.07) is 9.02. The maximum absolute atomic E-state index is 12.0. The van der Waals surface area contributed by atoms with Gasteiger partial charge in [0.05, 0.1) is 23.2 Å². The van der Waals surface area contributed by atoms with E-state index in [-0.39, 0.29) is 12.3 Å². The number of hydrogen-bond acceptors (Lipinski definition) is 3. The zero-order chi connectivity index (χ0) is 13.0. The number of anilines is 1. The average molecular weight is 264 g/mol. The van der Waals surface area contributed by atoms with Crippen molar-refractivity contribution in [3.8, 4) is 6.07 Å². The SMILES string of the molecule is N#CCC1C(=O)NCCCN1c1ccccc1Cl. The summed E-state index contributed by atoms with van der Waals surface area (Å²) in [5.41, 5.74) is 0.816. The van der Waals surface area contributed by atoms with Crippen LogP contribution < -0.4 is 10.2 Å².